The average Bonchev–Trinajstić information content (AvgIpc) is 2.69. The maximum atomic E-state index is 12.2. The van der Waals surface area contributed by atoms with E-state index in [2.05, 4.69) is 0 Å². The van der Waals surface area contributed by atoms with Crippen LogP contribution in [-0.2, 0) is 11.3 Å². The lowest BCUT2D eigenvalue weighted by atomic mass is 9.75. The van der Waals surface area contributed by atoms with Crippen molar-refractivity contribution in [3.05, 3.63) is 65.7 Å². The van der Waals surface area contributed by atoms with Gasteiger partial charge in [0, 0.05) is 13.6 Å². The van der Waals surface area contributed by atoms with Crippen LogP contribution in [-0.4, -0.2) is 29.1 Å². The van der Waals surface area contributed by atoms with E-state index in [1.807, 2.05) is 42.5 Å². The van der Waals surface area contributed by atoms with E-state index in [-0.39, 0.29) is 11.8 Å². The number of aliphatic carboxylic acids is 1. The van der Waals surface area contributed by atoms with Crippen molar-refractivity contribution in [3.8, 4) is 5.75 Å². The van der Waals surface area contributed by atoms with E-state index in [0.717, 1.165) is 36.8 Å². The maximum Gasteiger partial charge on any atom is 0.415 e. The van der Waals surface area contributed by atoms with Gasteiger partial charge < -0.3 is 14.7 Å². The average molecular weight is 367 g/mol. The minimum Gasteiger partial charge on any atom is -0.481 e. The minimum atomic E-state index is -0.702. The third kappa shape index (κ3) is 4.88. The van der Waals surface area contributed by atoms with Crippen LogP contribution >= 0.6 is 0 Å². The molecule has 0 spiro atoms. The van der Waals surface area contributed by atoms with Crippen LogP contribution in [0.15, 0.2) is 54.6 Å². The van der Waals surface area contributed by atoms with Crippen molar-refractivity contribution in [1.29, 1.82) is 0 Å². The number of hydrogen-bond acceptors (Lipinski definition) is 3. The van der Waals surface area contributed by atoms with Crippen molar-refractivity contribution < 1.29 is 19.4 Å². The highest BCUT2D eigenvalue weighted by Crippen LogP contribution is 2.38. The standard InChI is InChI=1S/C22H25NO4/c1-23(22(26)27-18-7-3-2-4-8-18)15-16-11-13-17(14-12-16)19-9-5-6-10-20(19)21(24)25/h2-4,7-8,11-14,19-20H,5-6,9-10,15H2,1H3,(H,24,25)/t19-,20+/m1/s1. The molecule has 0 aromatic heterocycles. The molecule has 1 amide bonds. The monoisotopic (exact) mass is 367 g/mol. The predicted molar refractivity (Wildman–Crippen MR) is 103 cm³/mol. The Bertz CT molecular complexity index is 773. The molecule has 1 aliphatic carbocycles. The van der Waals surface area contributed by atoms with E-state index in [1.165, 1.54) is 4.90 Å². The lowest BCUT2D eigenvalue weighted by molar-refractivity contribution is -0.143. The van der Waals surface area contributed by atoms with E-state index >= 15 is 0 Å². The quantitative estimate of drug-likeness (QED) is 0.833. The third-order valence-electron chi connectivity index (χ3n) is 5.17. The Morgan fingerprint density at radius 1 is 1.04 bits per heavy atom. The first kappa shape index (κ1) is 19.0. The van der Waals surface area contributed by atoms with Gasteiger partial charge in [-0.3, -0.25) is 4.79 Å². The van der Waals surface area contributed by atoms with Crippen LogP contribution in [0.5, 0.6) is 5.75 Å². The third-order valence-corrected chi connectivity index (χ3v) is 5.17. The summed E-state index contributed by atoms with van der Waals surface area (Å²) in [5, 5.41) is 9.47. The molecular formula is C22H25NO4. The first-order valence-electron chi connectivity index (χ1n) is 9.34. The highest BCUT2D eigenvalue weighted by atomic mass is 16.6. The fourth-order valence-electron chi connectivity index (χ4n) is 3.70. The Labute approximate surface area is 159 Å². The number of para-hydroxylation sites is 1. The van der Waals surface area contributed by atoms with Gasteiger partial charge in [-0.2, -0.15) is 0 Å². The summed E-state index contributed by atoms with van der Waals surface area (Å²) >= 11 is 0. The van der Waals surface area contributed by atoms with Gasteiger partial charge in [-0.25, -0.2) is 4.79 Å². The van der Waals surface area contributed by atoms with Crippen LogP contribution in [0.1, 0.15) is 42.7 Å². The maximum absolute atomic E-state index is 12.2. The number of carbonyl (C=O) groups excluding carboxylic acids is 1. The fourth-order valence-corrected chi connectivity index (χ4v) is 3.70. The number of carbonyl (C=O) groups is 2. The number of hydrogen-bond donors (Lipinski definition) is 1. The zero-order chi connectivity index (χ0) is 19.2. The van der Waals surface area contributed by atoms with Crippen LogP contribution in [0.4, 0.5) is 4.79 Å². The van der Waals surface area contributed by atoms with Crippen molar-refractivity contribution >= 4 is 12.1 Å². The molecular weight excluding hydrogens is 342 g/mol. The van der Waals surface area contributed by atoms with Gasteiger partial charge in [-0.05, 0) is 42.0 Å². The van der Waals surface area contributed by atoms with Gasteiger partial charge in [0.2, 0.25) is 0 Å². The summed E-state index contributed by atoms with van der Waals surface area (Å²) < 4.78 is 5.33. The molecule has 142 valence electrons. The lowest BCUT2D eigenvalue weighted by Crippen LogP contribution is -2.29. The van der Waals surface area contributed by atoms with Crippen LogP contribution in [0.3, 0.4) is 0 Å². The Balaban J connectivity index is 1.61. The van der Waals surface area contributed by atoms with E-state index in [9.17, 15) is 14.7 Å². The highest BCUT2D eigenvalue weighted by Gasteiger charge is 2.31. The van der Waals surface area contributed by atoms with Crippen molar-refractivity contribution in [3.63, 3.8) is 0 Å². The number of amides is 1. The molecule has 2 aromatic rings. The number of rotatable bonds is 5. The zero-order valence-corrected chi connectivity index (χ0v) is 15.5. The Hall–Kier alpha value is -2.82. The van der Waals surface area contributed by atoms with Crippen LogP contribution in [0, 0.1) is 5.92 Å². The van der Waals surface area contributed by atoms with Crippen molar-refractivity contribution in [1.82, 2.24) is 4.90 Å². The summed E-state index contributed by atoms with van der Waals surface area (Å²) in [6.07, 6.45) is 3.31. The molecule has 2 atom stereocenters. The number of ether oxygens (including phenoxy) is 1. The van der Waals surface area contributed by atoms with Crippen molar-refractivity contribution in [2.45, 2.75) is 38.1 Å². The number of nitrogens with zero attached hydrogens (tertiary/aromatic N) is 1. The van der Waals surface area contributed by atoms with Gasteiger partial charge >= 0.3 is 12.1 Å². The number of carboxylic acid groups (broad SMARTS) is 1. The molecule has 1 N–H and O–H groups in total. The summed E-state index contributed by atoms with van der Waals surface area (Å²) in [5.74, 6) is -0.409. The van der Waals surface area contributed by atoms with Gasteiger partial charge in [-0.1, -0.05) is 55.3 Å². The minimum absolute atomic E-state index is 0.0751. The first-order chi connectivity index (χ1) is 13.0. The van der Waals surface area contributed by atoms with Crippen LogP contribution < -0.4 is 4.74 Å². The van der Waals surface area contributed by atoms with Gasteiger partial charge in [0.05, 0.1) is 5.92 Å². The summed E-state index contributed by atoms with van der Waals surface area (Å²) in [7, 11) is 1.70. The molecule has 0 radical (unpaired) electrons. The molecule has 1 fully saturated rings. The fraction of sp³-hybridized carbons (Fsp3) is 0.364. The molecule has 1 aliphatic rings. The molecule has 3 rings (SSSR count). The summed E-state index contributed by atoms with van der Waals surface area (Å²) in [5.41, 5.74) is 2.05. The molecule has 0 bridgehead atoms. The topological polar surface area (TPSA) is 66.8 Å². The Morgan fingerprint density at radius 3 is 2.37 bits per heavy atom. The summed E-state index contributed by atoms with van der Waals surface area (Å²) in [4.78, 5) is 25.2. The molecule has 0 heterocycles. The Kier molecular flexibility index (Phi) is 6.12. The summed E-state index contributed by atoms with van der Waals surface area (Å²) in [6, 6.07) is 16.9. The van der Waals surface area contributed by atoms with Crippen molar-refractivity contribution in [2.75, 3.05) is 7.05 Å². The second kappa shape index (κ2) is 8.71. The molecule has 0 saturated heterocycles. The van der Waals surface area contributed by atoms with Gasteiger partial charge in [0.25, 0.3) is 0 Å². The second-order valence-electron chi connectivity index (χ2n) is 7.11. The smallest absolute Gasteiger partial charge is 0.415 e. The SMILES string of the molecule is CN(Cc1ccc([C@H]2CCCC[C@@H]2C(=O)O)cc1)C(=O)Oc1ccccc1. The Morgan fingerprint density at radius 2 is 1.70 bits per heavy atom. The first-order valence-corrected chi connectivity index (χ1v) is 9.34. The molecule has 2 aromatic carbocycles. The zero-order valence-electron chi connectivity index (χ0n) is 15.5. The molecule has 5 heteroatoms. The van der Waals surface area contributed by atoms with E-state index < -0.39 is 12.1 Å². The normalized spacial score (nSPS) is 19.3. The highest BCUT2D eigenvalue weighted by molar-refractivity contribution is 5.71. The van der Waals surface area contributed by atoms with Gasteiger partial charge in [-0.15, -0.1) is 0 Å². The number of benzene rings is 2. The molecule has 27 heavy (non-hydrogen) atoms. The lowest BCUT2D eigenvalue weighted by Gasteiger charge is -2.29. The van der Waals surface area contributed by atoms with Crippen LogP contribution in [0.2, 0.25) is 0 Å². The van der Waals surface area contributed by atoms with E-state index in [1.54, 1.807) is 19.2 Å². The number of carboxylic acids is 1. The van der Waals surface area contributed by atoms with Crippen molar-refractivity contribution in [2.24, 2.45) is 5.92 Å². The molecule has 1 saturated carbocycles. The molecule has 0 aliphatic heterocycles. The van der Waals surface area contributed by atoms with E-state index in [0.29, 0.717) is 12.3 Å². The summed E-state index contributed by atoms with van der Waals surface area (Å²) in [6.45, 7) is 0.430. The van der Waals surface area contributed by atoms with Crippen LogP contribution in [0.25, 0.3) is 0 Å². The molecule has 0 unspecified atom stereocenters. The predicted octanol–water partition coefficient (Wildman–Crippen LogP) is 4.68. The largest absolute Gasteiger partial charge is 0.481 e. The molecule has 5 nitrogen and oxygen atoms in total. The van der Waals surface area contributed by atoms with E-state index in [4.69, 9.17) is 4.74 Å². The van der Waals surface area contributed by atoms with Gasteiger partial charge in [0.15, 0.2) is 0 Å². The van der Waals surface area contributed by atoms with Gasteiger partial charge in [0.1, 0.15) is 5.75 Å². The second-order valence-corrected chi connectivity index (χ2v) is 7.11.